The van der Waals surface area contributed by atoms with Crippen molar-refractivity contribution in [1.82, 2.24) is 10.2 Å². The highest BCUT2D eigenvalue weighted by molar-refractivity contribution is 5.77. The van der Waals surface area contributed by atoms with Crippen molar-refractivity contribution in [3.05, 3.63) is 0 Å². The fourth-order valence-electron chi connectivity index (χ4n) is 2.44. The quantitative estimate of drug-likeness (QED) is 0.537. The van der Waals surface area contributed by atoms with E-state index in [9.17, 15) is 4.79 Å². The Balaban J connectivity index is 2.27. The minimum atomic E-state index is -0.181. The van der Waals surface area contributed by atoms with E-state index in [1.165, 1.54) is 25.7 Å². The molecule has 0 atom stereocenters. The predicted molar refractivity (Wildman–Crippen MR) is 84.3 cm³/mol. The molecule has 2 N–H and O–H groups in total. The van der Waals surface area contributed by atoms with Gasteiger partial charge in [0.25, 0.3) is 0 Å². The first-order valence-corrected chi connectivity index (χ1v) is 8.34. The van der Waals surface area contributed by atoms with E-state index in [1.54, 1.807) is 0 Å². The van der Waals surface area contributed by atoms with Crippen LogP contribution in [0, 0.1) is 0 Å². The molecule has 1 aliphatic heterocycles. The number of nitrogens with one attached hydrogen (secondary N) is 1. The first-order valence-electron chi connectivity index (χ1n) is 8.34. The van der Waals surface area contributed by atoms with Gasteiger partial charge in [-0.2, -0.15) is 0 Å². The lowest BCUT2D eigenvalue weighted by Crippen LogP contribution is -2.59. The number of unbranched alkanes of at least 4 members (excludes halogenated alkanes) is 4. The molecule has 1 saturated heterocycles. The Bertz CT molecular complexity index is 293. The second kappa shape index (κ2) is 10.1. The Morgan fingerprint density at radius 1 is 1.19 bits per heavy atom. The van der Waals surface area contributed by atoms with Gasteiger partial charge in [0.1, 0.15) is 6.61 Å². The number of hydrogen-bond acceptors (Lipinski definition) is 4. The van der Waals surface area contributed by atoms with Crippen molar-refractivity contribution in [1.29, 1.82) is 0 Å². The Labute approximate surface area is 129 Å². The molecule has 0 bridgehead atoms. The van der Waals surface area contributed by atoms with Gasteiger partial charge in [0.15, 0.2) is 0 Å². The first-order chi connectivity index (χ1) is 10.1. The molecule has 1 amide bonds. The summed E-state index contributed by atoms with van der Waals surface area (Å²) in [4.78, 5) is 14.1. The van der Waals surface area contributed by atoms with Crippen LogP contribution >= 0.6 is 0 Å². The molecule has 0 saturated carbocycles. The zero-order valence-electron chi connectivity index (χ0n) is 13.7. The topological polar surface area (TPSA) is 61.8 Å². The van der Waals surface area contributed by atoms with Crippen LogP contribution in [0.4, 0.5) is 0 Å². The SMILES string of the molecule is CCCCCCCN(CCCO)C(=O)COC1(C)CNC1. The van der Waals surface area contributed by atoms with Crippen molar-refractivity contribution in [2.24, 2.45) is 0 Å². The van der Waals surface area contributed by atoms with E-state index >= 15 is 0 Å². The molecule has 1 aliphatic rings. The van der Waals surface area contributed by atoms with Crippen LogP contribution in [-0.4, -0.2) is 60.9 Å². The second-order valence-corrected chi connectivity index (χ2v) is 6.21. The molecule has 124 valence electrons. The summed E-state index contributed by atoms with van der Waals surface area (Å²) in [5.41, 5.74) is -0.181. The maximum absolute atomic E-state index is 12.3. The number of rotatable bonds is 12. The summed E-state index contributed by atoms with van der Waals surface area (Å²) in [6, 6.07) is 0. The summed E-state index contributed by atoms with van der Waals surface area (Å²) in [7, 11) is 0. The molecule has 5 heteroatoms. The molecular formula is C16H32N2O3. The molecule has 1 rings (SSSR count). The van der Waals surface area contributed by atoms with Gasteiger partial charge < -0.3 is 20.1 Å². The van der Waals surface area contributed by atoms with Crippen molar-refractivity contribution in [2.45, 2.75) is 58.0 Å². The van der Waals surface area contributed by atoms with Crippen LogP contribution in [0.25, 0.3) is 0 Å². The van der Waals surface area contributed by atoms with Crippen LogP contribution in [0.2, 0.25) is 0 Å². The molecule has 5 nitrogen and oxygen atoms in total. The van der Waals surface area contributed by atoms with Gasteiger partial charge in [-0.3, -0.25) is 4.79 Å². The lowest BCUT2D eigenvalue weighted by Gasteiger charge is -2.39. The number of aliphatic hydroxyl groups is 1. The average molecular weight is 300 g/mol. The number of amides is 1. The van der Waals surface area contributed by atoms with Gasteiger partial charge in [0, 0.05) is 32.8 Å². The third-order valence-electron chi connectivity index (χ3n) is 4.01. The van der Waals surface area contributed by atoms with Crippen molar-refractivity contribution >= 4 is 5.91 Å². The molecule has 1 fully saturated rings. The summed E-state index contributed by atoms with van der Waals surface area (Å²) in [5, 5.41) is 12.1. The van der Waals surface area contributed by atoms with Gasteiger partial charge in [0.2, 0.25) is 5.91 Å². The first kappa shape index (κ1) is 18.4. The minimum absolute atomic E-state index is 0.0482. The fraction of sp³-hybridized carbons (Fsp3) is 0.938. The van der Waals surface area contributed by atoms with Crippen molar-refractivity contribution in [3.63, 3.8) is 0 Å². The van der Waals surface area contributed by atoms with E-state index < -0.39 is 0 Å². The number of aliphatic hydroxyl groups excluding tert-OH is 1. The number of hydrogen-bond donors (Lipinski definition) is 2. The third-order valence-corrected chi connectivity index (χ3v) is 4.01. The van der Waals surface area contributed by atoms with Crippen LogP contribution in [0.15, 0.2) is 0 Å². The van der Waals surface area contributed by atoms with Crippen LogP contribution in [0.5, 0.6) is 0 Å². The maximum atomic E-state index is 12.3. The van der Waals surface area contributed by atoms with Gasteiger partial charge in [-0.1, -0.05) is 32.6 Å². The van der Waals surface area contributed by atoms with Crippen LogP contribution in [0.3, 0.4) is 0 Å². The smallest absolute Gasteiger partial charge is 0.248 e. The van der Waals surface area contributed by atoms with Crippen LogP contribution < -0.4 is 5.32 Å². The Kier molecular flexibility index (Phi) is 8.88. The lowest BCUT2D eigenvalue weighted by atomic mass is 10.0. The fourth-order valence-corrected chi connectivity index (χ4v) is 2.44. The number of nitrogens with zero attached hydrogens (tertiary/aromatic N) is 1. The average Bonchev–Trinajstić information content (AvgIpc) is 2.45. The number of carbonyl (C=O) groups excluding carboxylic acids is 1. The molecule has 0 radical (unpaired) electrons. The molecule has 0 unspecified atom stereocenters. The van der Waals surface area contributed by atoms with Gasteiger partial charge in [-0.15, -0.1) is 0 Å². The monoisotopic (exact) mass is 300 g/mol. The number of carbonyl (C=O) groups is 1. The summed E-state index contributed by atoms with van der Waals surface area (Å²) < 4.78 is 5.72. The largest absolute Gasteiger partial charge is 0.396 e. The third kappa shape index (κ3) is 7.25. The molecular weight excluding hydrogens is 268 g/mol. The summed E-state index contributed by atoms with van der Waals surface area (Å²) in [6.07, 6.45) is 6.57. The zero-order valence-corrected chi connectivity index (χ0v) is 13.7. The second-order valence-electron chi connectivity index (χ2n) is 6.21. The van der Waals surface area contributed by atoms with E-state index in [1.807, 2.05) is 11.8 Å². The molecule has 0 aliphatic carbocycles. The van der Waals surface area contributed by atoms with Crippen LogP contribution in [0.1, 0.15) is 52.4 Å². The van der Waals surface area contributed by atoms with E-state index in [0.29, 0.717) is 13.0 Å². The van der Waals surface area contributed by atoms with Crippen molar-refractivity contribution < 1.29 is 14.6 Å². The molecule has 1 heterocycles. The van der Waals surface area contributed by atoms with Crippen LogP contribution in [-0.2, 0) is 9.53 Å². The molecule has 0 aromatic rings. The predicted octanol–water partition coefficient (Wildman–Crippen LogP) is 1.55. The van der Waals surface area contributed by atoms with Gasteiger partial charge in [-0.05, 0) is 19.8 Å². The summed E-state index contributed by atoms with van der Waals surface area (Å²) >= 11 is 0. The Morgan fingerprint density at radius 3 is 2.43 bits per heavy atom. The van der Waals surface area contributed by atoms with Crippen molar-refractivity contribution in [3.8, 4) is 0 Å². The zero-order chi connectivity index (χ0) is 15.6. The lowest BCUT2D eigenvalue weighted by molar-refractivity contribution is -0.146. The highest BCUT2D eigenvalue weighted by atomic mass is 16.5. The van der Waals surface area contributed by atoms with E-state index in [0.717, 1.165) is 26.1 Å². The molecule has 0 aromatic heterocycles. The maximum Gasteiger partial charge on any atom is 0.248 e. The summed E-state index contributed by atoms with van der Waals surface area (Å²) in [6.45, 7) is 7.54. The van der Waals surface area contributed by atoms with Gasteiger partial charge in [0.05, 0.1) is 5.60 Å². The van der Waals surface area contributed by atoms with E-state index in [-0.39, 0.29) is 24.7 Å². The molecule has 0 aromatic carbocycles. The van der Waals surface area contributed by atoms with Gasteiger partial charge >= 0.3 is 0 Å². The highest BCUT2D eigenvalue weighted by Gasteiger charge is 2.33. The molecule has 0 spiro atoms. The number of ether oxygens (including phenoxy) is 1. The normalized spacial score (nSPS) is 16.5. The Hall–Kier alpha value is -0.650. The minimum Gasteiger partial charge on any atom is -0.396 e. The van der Waals surface area contributed by atoms with E-state index in [4.69, 9.17) is 9.84 Å². The standard InChI is InChI=1S/C16H32N2O3/c1-3-4-5-6-7-9-18(10-8-11-19)15(20)12-21-16(2)13-17-14-16/h17,19H,3-14H2,1-2H3. The van der Waals surface area contributed by atoms with Gasteiger partial charge in [-0.25, -0.2) is 0 Å². The van der Waals surface area contributed by atoms with E-state index in [2.05, 4.69) is 12.2 Å². The highest BCUT2D eigenvalue weighted by Crippen LogP contribution is 2.15. The summed E-state index contributed by atoms with van der Waals surface area (Å²) in [5.74, 6) is 0.0482. The Morgan fingerprint density at radius 2 is 1.86 bits per heavy atom. The van der Waals surface area contributed by atoms with Crippen molar-refractivity contribution in [2.75, 3.05) is 39.4 Å². The molecule has 21 heavy (non-hydrogen) atoms.